The van der Waals surface area contributed by atoms with Crippen molar-refractivity contribution in [1.29, 1.82) is 0 Å². The summed E-state index contributed by atoms with van der Waals surface area (Å²) in [6.45, 7) is 0.524. The Morgan fingerprint density at radius 3 is 2.82 bits per heavy atom. The van der Waals surface area contributed by atoms with Gasteiger partial charge >= 0.3 is 0 Å². The largest absolute Gasteiger partial charge is 0.392 e. The predicted octanol–water partition coefficient (Wildman–Crippen LogP) is 2.98. The molecule has 0 radical (unpaired) electrons. The fraction of sp³-hybridized carbons (Fsp3) is 0.0952. The van der Waals surface area contributed by atoms with Gasteiger partial charge < -0.3 is 5.11 Å². The highest BCUT2D eigenvalue weighted by atomic mass is 16.3. The van der Waals surface area contributed by atoms with Crippen LogP contribution >= 0.6 is 0 Å². The molecule has 3 aromatic heterocycles. The van der Waals surface area contributed by atoms with Crippen molar-refractivity contribution in [2.75, 3.05) is 0 Å². The van der Waals surface area contributed by atoms with Crippen LogP contribution in [0.2, 0.25) is 0 Å². The van der Waals surface area contributed by atoms with Gasteiger partial charge in [-0.15, -0.1) is 5.10 Å². The Kier molecular flexibility index (Phi) is 3.99. The Hall–Kier alpha value is -3.71. The van der Waals surface area contributed by atoms with Gasteiger partial charge in [0.25, 0.3) is 0 Å². The van der Waals surface area contributed by atoms with Crippen LogP contribution < -0.4 is 0 Å². The second-order valence-electron chi connectivity index (χ2n) is 6.54. The number of fused-ring (bicyclic) bond motifs is 2. The van der Waals surface area contributed by atoms with Crippen molar-refractivity contribution < 1.29 is 5.11 Å². The Balaban J connectivity index is 1.54. The third kappa shape index (κ3) is 2.97. The Morgan fingerprint density at radius 2 is 1.89 bits per heavy atom. The zero-order valence-corrected chi connectivity index (χ0v) is 14.9. The molecular weight excluding hydrogens is 352 g/mol. The van der Waals surface area contributed by atoms with E-state index >= 15 is 0 Å². The first-order chi connectivity index (χ1) is 13.8. The van der Waals surface area contributed by atoms with E-state index < -0.39 is 0 Å². The minimum absolute atomic E-state index is 0.0141. The minimum atomic E-state index is -0.0141. The summed E-state index contributed by atoms with van der Waals surface area (Å²) >= 11 is 0. The zero-order valence-electron chi connectivity index (χ0n) is 14.9. The molecule has 7 heteroatoms. The SMILES string of the molecule is OCc1cccc(-c2cnc3nnn(Cc4ccc5ncccc5c4)c3n2)c1. The van der Waals surface area contributed by atoms with Gasteiger partial charge in [-0.1, -0.05) is 35.5 Å². The quantitative estimate of drug-likeness (QED) is 0.524. The molecule has 0 aliphatic carbocycles. The first-order valence-electron chi connectivity index (χ1n) is 8.90. The third-order valence-electron chi connectivity index (χ3n) is 4.63. The fourth-order valence-corrected chi connectivity index (χ4v) is 3.23. The first-order valence-corrected chi connectivity index (χ1v) is 8.90. The lowest BCUT2D eigenvalue weighted by atomic mass is 10.1. The summed E-state index contributed by atoms with van der Waals surface area (Å²) in [4.78, 5) is 13.5. The molecule has 136 valence electrons. The zero-order chi connectivity index (χ0) is 18.9. The van der Waals surface area contributed by atoms with Gasteiger partial charge in [0.15, 0.2) is 5.65 Å². The van der Waals surface area contributed by atoms with Crippen LogP contribution in [0.5, 0.6) is 0 Å². The first kappa shape index (κ1) is 16.5. The van der Waals surface area contributed by atoms with Gasteiger partial charge in [0.2, 0.25) is 5.65 Å². The highest BCUT2D eigenvalue weighted by Gasteiger charge is 2.11. The average Bonchev–Trinajstić information content (AvgIpc) is 3.15. The van der Waals surface area contributed by atoms with Crippen LogP contribution in [-0.2, 0) is 13.2 Å². The monoisotopic (exact) mass is 368 g/mol. The molecule has 0 spiro atoms. The summed E-state index contributed by atoms with van der Waals surface area (Å²) in [6.07, 6.45) is 3.47. The van der Waals surface area contributed by atoms with Crippen LogP contribution in [-0.4, -0.2) is 35.1 Å². The second-order valence-corrected chi connectivity index (χ2v) is 6.54. The van der Waals surface area contributed by atoms with Gasteiger partial charge in [-0.25, -0.2) is 14.6 Å². The highest BCUT2D eigenvalue weighted by Crippen LogP contribution is 2.21. The van der Waals surface area contributed by atoms with Gasteiger partial charge in [-0.3, -0.25) is 4.98 Å². The normalized spacial score (nSPS) is 11.3. The smallest absolute Gasteiger partial charge is 0.221 e. The van der Waals surface area contributed by atoms with Gasteiger partial charge in [-0.2, -0.15) is 0 Å². The average molecular weight is 368 g/mol. The minimum Gasteiger partial charge on any atom is -0.392 e. The molecule has 3 heterocycles. The number of aliphatic hydroxyl groups excluding tert-OH is 1. The van der Waals surface area contributed by atoms with Crippen LogP contribution in [0.4, 0.5) is 0 Å². The maximum Gasteiger partial charge on any atom is 0.221 e. The van der Waals surface area contributed by atoms with Crippen LogP contribution in [0, 0.1) is 0 Å². The van der Waals surface area contributed by atoms with Crippen molar-refractivity contribution in [3.05, 3.63) is 78.1 Å². The van der Waals surface area contributed by atoms with E-state index in [0.717, 1.165) is 27.6 Å². The molecule has 7 nitrogen and oxygen atoms in total. The summed E-state index contributed by atoms with van der Waals surface area (Å²) in [5.74, 6) is 0. The lowest BCUT2D eigenvalue weighted by molar-refractivity contribution is 0.282. The van der Waals surface area contributed by atoms with Crippen molar-refractivity contribution in [1.82, 2.24) is 29.9 Å². The molecule has 0 saturated carbocycles. The molecule has 0 fully saturated rings. The number of rotatable bonds is 4. The lowest BCUT2D eigenvalue weighted by Gasteiger charge is -2.06. The summed E-state index contributed by atoms with van der Waals surface area (Å²) < 4.78 is 1.75. The molecule has 1 N–H and O–H groups in total. The van der Waals surface area contributed by atoms with Gasteiger partial charge in [-0.05, 0) is 35.4 Å². The predicted molar refractivity (Wildman–Crippen MR) is 105 cm³/mol. The summed E-state index contributed by atoms with van der Waals surface area (Å²) in [5, 5.41) is 18.8. The number of hydrogen-bond acceptors (Lipinski definition) is 6. The van der Waals surface area contributed by atoms with E-state index in [0.29, 0.717) is 23.5 Å². The van der Waals surface area contributed by atoms with E-state index in [4.69, 9.17) is 4.98 Å². The molecule has 0 saturated heterocycles. The molecule has 2 aromatic carbocycles. The molecule has 5 rings (SSSR count). The molecule has 0 unspecified atom stereocenters. The van der Waals surface area contributed by atoms with E-state index in [-0.39, 0.29) is 6.61 Å². The van der Waals surface area contributed by atoms with E-state index in [9.17, 15) is 5.11 Å². The Labute approximate surface area is 160 Å². The number of nitrogens with zero attached hydrogens (tertiary/aromatic N) is 6. The topological polar surface area (TPSA) is 89.6 Å². The van der Waals surface area contributed by atoms with Crippen LogP contribution in [0.25, 0.3) is 33.5 Å². The molecular formula is C21H16N6O. The lowest BCUT2D eigenvalue weighted by Crippen LogP contribution is -2.03. The standard InChI is InChI=1S/C21H16N6O/c28-13-15-3-1-4-17(10-15)19-11-23-20-21(24-19)27(26-25-20)12-14-6-7-18-16(9-14)5-2-8-22-18/h1-11,28H,12-13H2. The Bertz CT molecular complexity index is 1300. The van der Waals surface area contributed by atoms with Crippen LogP contribution in [0.1, 0.15) is 11.1 Å². The number of hydrogen-bond donors (Lipinski definition) is 1. The van der Waals surface area contributed by atoms with Crippen molar-refractivity contribution in [3.63, 3.8) is 0 Å². The van der Waals surface area contributed by atoms with Crippen molar-refractivity contribution in [3.8, 4) is 11.3 Å². The molecule has 0 amide bonds. The highest BCUT2D eigenvalue weighted by molar-refractivity contribution is 5.79. The van der Waals surface area contributed by atoms with Crippen molar-refractivity contribution in [2.45, 2.75) is 13.2 Å². The van der Waals surface area contributed by atoms with E-state index in [1.54, 1.807) is 17.1 Å². The molecule has 0 atom stereocenters. The maximum absolute atomic E-state index is 9.37. The van der Waals surface area contributed by atoms with E-state index in [2.05, 4.69) is 26.3 Å². The number of benzene rings is 2. The number of pyridine rings is 1. The van der Waals surface area contributed by atoms with Gasteiger partial charge in [0.1, 0.15) is 0 Å². The summed E-state index contributed by atoms with van der Waals surface area (Å²) in [6, 6.07) is 17.7. The van der Waals surface area contributed by atoms with Crippen molar-refractivity contribution in [2.24, 2.45) is 0 Å². The molecule has 0 aliphatic rings. The summed E-state index contributed by atoms with van der Waals surface area (Å²) in [7, 11) is 0. The van der Waals surface area contributed by atoms with Gasteiger partial charge in [0.05, 0.1) is 30.6 Å². The second kappa shape index (κ2) is 6.79. The summed E-state index contributed by atoms with van der Waals surface area (Å²) in [5.41, 5.74) is 5.61. The van der Waals surface area contributed by atoms with E-state index in [1.165, 1.54) is 0 Å². The van der Waals surface area contributed by atoms with Gasteiger partial charge in [0, 0.05) is 17.1 Å². The molecule has 28 heavy (non-hydrogen) atoms. The van der Waals surface area contributed by atoms with Crippen molar-refractivity contribution >= 4 is 22.2 Å². The van der Waals surface area contributed by atoms with Crippen LogP contribution in [0.15, 0.2) is 67.0 Å². The van der Waals surface area contributed by atoms with E-state index in [1.807, 2.05) is 48.5 Å². The number of aromatic nitrogens is 6. The molecule has 0 bridgehead atoms. The number of aliphatic hydroxyl groups is 1. The van der Waals surface area contributed by atoms with Crippen LogP contribution in [0.3, 0.4) is 0 Å². The third-order valence-corrected chi connectivity index (χ3v) is 4.63. The maximum atomic E-state index is 9.37. The Morgan fingerprint density at radius 1 is 0.929 bits per heavy atom. The molecule has 0 aliphatic heterocycles. The molecule has 5 aromatic rings. The fourth-order valence-electron chi connectivity index (χ4n) is 3.23.